The number of hydrogen-bond acceptors (Lipinski definition) is 2. The van der Waals surface area contributed by atoms with Gasteiger partial charge in [0.1, 0.15) is 6.04 Å². The molecule has 0 bridgehead atoms. The minimum absolute atomic E-state index is 0.0444. The van der Waals surface area contributed by atoms with Gasteiger partial charge in [0.15, 0.2) is 0 Å². The van der Waals surface area contributed by atoms with Crippen LogP contribution in [0.25, 0.3) is 0 Å². The minimum atomic E-state index is -0.565. The number of carbonyl (C=O) groups excluding carboxylic acids is 2. The summed E-state index contributed by atoms with van der Waals surface area (Å²) in [4.78, 5) is 27.8. The van der Waals surface area contributed by atoms with Gasteiger partial charge in [0, 0.05) is 25.9 Å². The van der Waals surface area contributed by atoms with E-state index in [1.807, 2.05) is 67.6 Å². The van der Waals surface area contributed by atoms with Gasteiger partial charge in [-0.2, -0.15) is 0 Å². The maximum absolute atomic E-state index is 13.6. The average Bonchev–Trinajstić information content (AvgIpc) is 2.82. The summed E-state index contributed by atoms with van der Waals surface area (Å²) in [6, 6.07) is 27.6. The van der Waals surface area contributed by atoms with Gasteiger partial charge >= 0.3 is 0 Å². The molecular weight excluding hydrogens is 384 g/mol. The molecular formula is C27H30N2O2. The minimum Gasteiger partial charge on any atom is -0.357 e. The molecule has 3 rings (SSSR count). The maximum Gasteiger partial charge on any atom is 0.242 e. The number of aryl methyl sites for hydroxylation is 1. The largest absolute Gasteiger partial charge is 0.357 e. The van der Waals surface area contributed by atoms with E-state index in [4.69, 9.17) is 0 Å². The molecule has 0 saturated carbocycles. The van der Waals surface area contributed by atoms with Crippen LogP contribution in [0.2, 0.25) is 0 Å². The summed E-state index contributed by atoms with van der Waals surface area (Å²) in [5.74, 6) is -0.291. The number of carbonyl (C=O) groups is 2. The zero-order valence-corrected chi connectivity index (χ0v) is 18.4. The molecule has 1 N–H and O–H groups in total. The van der Waals surface area contributed by atoms with Crippen molar-refractivity contribution < 1.29 is 9.59 Å². The first kappa shape index (κ1) is 22.3. The smallest absolute Gasteiger partial charge is 0.242 e. The molecule has 0 saturated heterocycles. The zero-order valence-electron chi connectivity index (χ0n) is 18.4. The maximum atomic E-state index is 13.6. The molecule has 160 valence electrons. The Morgan fingerprint density at radius 2 is 1.35 bits per heavy atom. The van der Waals surface area contributed by atoms with Gasteiger partial charge in [0.2, 0.25) is 11.8 Å². The van der Waals surface area contributed by atoms with E-state index in [0.29, 0.717) is 13.0 Å². The topological polar surface area (TPSA) is 49.4 Å². The second-order valence-electron chi connectivity index (χ2n) is 7.82. The molecule has 3 aromatic carbocycles. The van der Waals surface area contributed by atoms with E-state index >= 15 is 0 Å². The van der Waals surface area contributed by atoms with Crippen molar-refractivity contribution in [3.05, 3.63) is 107 Å². The summed E-state index contributed by atoms with van der Waals surface area (Å²) in [5, 5.41) is 2.68. The fourth-order valence-electron chi connectivity index (χ4n) is 3.85. The summed E-state index contributed by atoms with van der Waals surface area (Å²) in [5.41, 5.74) is 4.32. The van der Waals surface area contributed by atoms with Gasteiger partial charge in [-0.3, -0.25) is 9.59 Å². The van der Waals surface area contributed by atoms with Crippen LogP contribution in [0.4, 0.5) is 0 Å². The molecule has 0 aliphatic rings. The number of amides is 2. The molecule has 31 heavy (non-hydrogen) atoms. The Morgan fingerprint density at radius 1 is 0.839 bits per heavy atom. The van der Waals surface area contributed by atoms with Gasteiger partial charge in [0.25, 0.3) is 0 Å². The van der Waals surface area contributed by atoms with E-state index in [2.05, 4.69) is 29.6 Å². The van der Waals surface area contributed by atoms with E-state index in [9.17, 15) is 9.59 Å². The van der Waals surface area contributed by atoms with Crippen LogP contribution in [-0.2, 0) is 16.1 Å². The van der Waals surface area contributed by atoms with Crippen LogP contribution in [0.3, 0.4) is 0 Å². The first-order valence-electron chi connectivity index (χ1n) is 10.7. The summed E-state index contributed by atoms with van der Waals surface area (Å²) in [6.07, 6.45) is 0.293. The summed E-state index contributed by atoms with van der Waals surface area (Å²) >= 11 is 0. The second-order valence-corrected chi connectivity index (χ2v) is 7.82. The number of nitrogens with zero attached hydrogens (tertiary/aromatic N) is 1. The van der Waals surface area contributed by atoms with Crippen LogP contribution in [0.1, 0.15) is 41.5 Å². The fraction of sp³-hybridized carbons (Fsp3) is 0.259. The van der Waals surface area contributed by atoms with Crippen LogP contribution in [-0.4, -0.2) is 29.8 Å². The number of benzene rings is 3. The zero-order chi connectivity index (χ0) is 22.2. The monoisotopic (exact) mass is 414 g/mol. The lowest BCUT2D eigenvalue weighted by Crippen LogP contribution is -2.47. The summed E-state index contributed by atoms with van der Waals surface area (Å²) in [6.45, 7) is 4.21. The molecule has 0 heterocycles. The Hall–Kier alpha value is -3.40. The molecule has 2 amide bonds. The normalized spacial score (nSPS) is 11.7. The quantitative estimate of drug-likeness (QED) is 0.582. The number of rotatable bonds is 8. The highest BCUT2D eigenvalue weighted by Gasteiger charge is 2.28. The Bertz CT molecular complexity index is 963. The van der Waals surface area contributed by atoms with Crippen LogP contribution in [0.5, 0.6) is 0 Å². The standard InChI is InChI=1S/C27H30N2O2/c1-20-12-10-11-17-24(20)19-29(21(2)27(31)28-3)26(30)18-25(22-13-6-4-7-14-22)23-15-8-5-9-16-23/h4-17,21,25H,18-19H2,1-3H3,(H,28,31)/t21-/m0/s1. The first-order valence-corrected chi connectivity index (χ1v) is 10.7. The van der Waals surface area contributed by atoms with E-state index in [-0.39, 0.29) is 17.7 Å². The number of hydrogen-bond donors (Lipinski definition) is 1. The lowest BCUT2D eigenvalue weighted by Gasteiger charge is -2.30. The number of likely N-dealkylation sites (N-methyl/N-ethyl adjacent to an activating group) is 1. The third-order valence-corrected chi connectivity index (χ3v) is 5.80. The van der Waals surface area contributed by atoms with Gasteiger partial charge in [-0.1, -0.05) is 84.9 Å². The van der Waals surface area contributed by atoms with E-state index in [0.717, 1.165) is 22.3 Å². The van der Waals surface area contributed by atoms with Gasteiger partial charge < -0.3 is 10.2 Å². The van der Waals surface area contributed by atoms with Crippen LogP contribution in [0.15, 0.2) is 84.9 Å². The third kappa shape index (κ3) is 5.60. The molecule has 0 spiro atoms. The molecule has 4 nitrogen and oxygen atoms in total. The Balaban J connectivity index is 1.93. The summed E-state index contributed by atoms with van der Waals surface area (Å²) < 4.78 is 0. The molecule has 1 atom stereocenters. The molecule has 0 radical (unpaired) electrons. The van der Waals surface area contributed by atoms with Crippen LogP contribution < -0.4 is 5.32 Å². The highest BCUT2D eigenvalue weighted by molar-refractivity contribution is 5.87. The van der Waals surface area contributed by atoms with Crippen molar-refractivity contribution in [3.63, 3.8) is 0 Å². The first-order chi connectivity index (χ1) is 15.0. The van der Waals surface area contributed by atoms with Crippen molar-refractivity contribution in [2.45, 2.75) is 38.8 Å². The van der Waals surface area contributed by atoms with Crippen molar-refractivity contribution >= 4 is 11.8 Å². The van der Waals surface area contributed by atoms with Crippen molar-refractivity contribution in [2.24, 2.45) is 0 Å². The molecule has 0 fully saturated rings. The van der Waals surface area contributed by atoms with Gasteiger partial charge in [-0.15, -0.1) is 0 Å². The molecule has 0 unspecified atom stereocenters. The SMILES string of the molecule is CNC(=O)[C@H](C)N(Cc1ccccc1C)C(=O)CC(c1ccccc1)c1ccccc1. The van der Waals surface area contributed by atoms with Crippen LogP contribution in [0, 0.1) is 6.92 Å². The average molecular weight is 415 g/mol. The molecule has 4 heteroatoms. The fourth-order valence-corrected chi connectivity index (χ4v) is 3.85. The molecule has 0 aliphatic heterocycles. The Labute approximate surface area is 184 Å². The molecule has 0 aliphatic carbocycles. The van der Waals surface area contributed by atoms with Gasteiger partial charge in [-0.25, -0.2) is 0 Å². The van der Waals surface area contributed by atoms with Crippen molar-refractivity contribution in [2.75, 3.05) is 7.05 Å². The van der Waals surface area contributed by atoms with Crippen LogP contribution >= 0.6 is 0 Å². The summed E-state index contributed by atoms with van der Waals surface area (Å²) in [7, 11) is 1.60. The highest BCUT2D eigenvalue weighted by Crippen LogP contribution is 2.29. The third-order valence-electron chi connectivity index (χ3n) is 5.80. The van der Waals surface area contributed by atoms with Crippen molar-refractivity contribution in [1.82, 2.24) is 10.2 Å². The second kappa shape index (κ2) is 10.6. The highest BCUT2D eigenvalue weighted by atomic mass is 16.2. The van der Waals surface area contributed by atoms with Crippen molar-refractivity contribution in [1.29, 1.82) is 0 Å². The predicted molar refractivity (Wildman–Crippen MR) is 125 cm³/mol. The van der Waals surface area contributed by atoms with E-state index < -0.39 is 6.04 Å². The predicted octanol–water partition coefficient (Wildman–Crippen LogP) is 4.68. The molecule has 0 aromatic heterocycles. The lowest BCUT2D eigenvalue weighted by molar-refractivity contribution is -0.140. The Kier molecular flexibility index (Phi) is 7.60. The van der Waals surface area contributed by atoms with Gasteiger partial charge in [-0.05, 0) is 36.1 Å². The number of nitrogens with one attached hydrogen (secondary N) is 1. The molecule has 3 aromatic rings. The van der Waals surface area contributed by atoms with E-state index in [1.165, 1.54) is 0 Å². The Morgan fingerprint density at radius 3 is 1.87 bits per heavy atom. The lowest BCUT2D eigenvalue weighted by atomic mass is 9.88. The van der Waals surface area contributed by atoms with Gasteiger partial charge in [0.05, 0.1) is 0 Å². The van der Waals surface area contributed by atoms with E-state index in [1.54, 1.807) is 18.9 Å². The van der Waals surface area contributed by atoms with Crippen molar-refractivity contribution in [3.8, 4) is 0 Å².